The Balaban J connectivity index is 2.05. The predicted molar refractivity (Wildman–Crippen MR) is 86.2 cm³/mol. The summed E-state index contributed by atoms with van der Waals surface area (Å²) in [5.41, 5.74) is 0.747. The Morgan fingerprint density at radius 1 is 1.32 bits per heavy atom. The Bertz CT molecular complexity index is 962. The molecule has 2 aromatic heterocycles. The smallest absolute Gasteiger partial charge is 0.320 e. The van der Waals surface area contributed by atoms with E-state index in [0.717, 1.165) is 16.9 Å². The molecular weight excluding hydrogens is 347 g/mol. The molecule has 114 valence electrons. The molecule has 0 saturated heterocycles. The highest BCUT2D eigenvalue weighted by molar-refractivity contribution is 7.68. The summed E-state index contributed by atoms with van der Waals surface area (Å²) in [7, 11) is -4.39. The number of hydrogen-bond acceptors (Lipinski definition) is 4. The largest absolute Gasteiger partial charge is 0.366 e. The first-order valence-electron chi connectivity index (χ1n) is 6.16. The zero-order valence-electron chi connectivity index (χ0n) is 11.0. The molecule has 3 rings (SSSR count). The van der Waals surface area contributed by atoms with E-state index < -0.39 is 13.2 Å². The molecule has 0 bridgehead atoms. The summed E-state index contributed by atoms with van der Waals surface area (Å²) in [6.07, 6.45) is 0.368. The van der Waals surface area contributed by atoms with Crippen molar-refractivity contribution in [2.45, 2.75) is 6.42 Å². The topological polar surface area (TPSA) is 103 Å². The highest BCUT2D eigenvalue weighted by Gasteiger charge is 2.22. The fraction of sp³-hybridized carbons (Fsp3) is 0.0769. The van der Waals surface area contributed by atoms with Crippen molar-refractivity contribution in [1.29, 1.82) is 0 Å². The Morgan fingerprint density at radius 3 is 2.77 bits per heavy atom. The number of hydrogen-bond donors (Lipinski definition) is 3. The Hall–Kier alpha value is -1.50. The molecule has 1 aromatic carbocycles. The lowest BCUT2D eigenvalue weighted by molar-refractivity contribution is 0.388. The van der Waals surface area contributed by atoms with E-state index in [2.05, 4.69) is 9.97 Å². The van der Waals surface area contributed by atoms with Gasteiger partial charge in [0.25, 0.3) is 5.56 Å². The summed E-state index contributed by atoms with van der Waals surface area (Å²) >= 11 is 6.67. The molecule has 0 aliphatic rings. The second-order valence-electron chi connectivity index (χ2n) is 4.66. The van der Waals surface area contributed by atoms with Crippen LogP contribution >= 0.6 is 30.5 Å². The summed E-state index contributed by atoms with van der Waals surface area (Å²) in [4.78, 5) is 37.3. The van der Waals surface area contributed by atoms with Gasteiger partial charge >= 0.3 is 7.60 Å². The maximum atomic E-state index is 12.0. The van der Waals surface area contributed by atoms with Crippen LogP contribution in [0.1, 0.15) is 11.4 Å². The van der Waals surface area contributed by atoms with E-state index in [4.69, 9.17) is 11.6 Å². The van der Waals surface area contributed by atoms with Crippen LogP contribution in [0.3, 0.4) is 0 Å². The van der Waals surface area contributed by atoms with Crippen LogP contribution in [-0.2, 0) is 11.0 Å². The molecule has 0 amide bonds. The van der Waals surface area contributed by atoms with Gasteiger partial charge in [-0.15, -0.1) is 11.3 Å². The number of H-pyrrole nitrogens is 1. The number of nitrogens with zero attached hydrogens (tertiary/aromatic N) is 1. The Labute approximate surface area is 133 Å². The van der Waals surface area contributed by atoms with Gasteiger partial charge < -0.3 is 14.8 Å². The van der Waals surface area contributed by atoms with Crippen LogP contribution in [0.4, 0.5) is 0 Å². The summed E-state index contributed by atoms with van der Waals surface area (Å²) in [6.45, 7) is 0. The van der Waals surface area contributed by atoms with Crippen molar-refractivity contribution in [3.05, 3.63) is 57.1 Å². The monoisotopic (exact) mass is 356 g/mol. The summed E-state index contributed by atoms with van der Waals surface area (Å²) in [5.74, 6) is 0.412. The van der Waals surface area contributed by atoms with Crippen LogP contribution in [0.2, 0.25) is 5.02 Å². The summed E-state index contributed by atoms with van der Waals surface area (Å²) in [5, 5.41) is 0.584. The normalized spacial score (nSPS) is 12.0. The molecule has 22 heavy (non-hydrogen) atoms. The number of aromatic amines is 1. The van der Waals surface area contributed by atoms with E-state index >= 15 is 0 Å². The lowest BCUT2D eigenvalue weighted by Gasteiger charge is -2.02. The van der Waals surface area contributed by atoms with E-state index in [1.807, 2.05) is 6.07 Å². The van der Waals surface area contributed by atoms with Crippen molar-refractivity contribution in [2.75, 3.05) is 0 Å². The molecule has 9 heteroatoms. The molecule has 0 aliphatic carbocycles. The van der Waals surface area contributed by atoms with E-state index in [9.17, 15) is 19.1 Å². The third-order valence-electron chi connectivity index (χ3n) is 2.97. The summed E-state index contributed by atoms with van der Waals surface area (Å²) in [6, 6.07) is 8.42. The molecule has 0 aliphatic heterocycles. The minimum Gasteiger partial charge on any atom is -0.320 e. The molecular formula is C13H10ClN2O4PS. The Morgan fingerprint density at radius 2 is 2.09 bits per heavy atom. The van der Waals surface area contributed by atoms with Crippen molar-refractivity contribution in [1.82, 2.24) is 9.97 Å². The SMILES string of the molecule is O=c1[nH]c(Cc2cccc(Cl)c2)nc2cc(P(=O)(O)O)sc12. The second kappa shape index (κ2) is 5.61. The molecule has 6 nitrogen and oxygen atoms in total. The number of nitrogens with one attached hydrogen (secondary N) is 1. The van der Waals surface area contributed by atoms with Gasteiger partial charge in [-0.1, -0.05) is 23.7 Å². The maximum Gasteiger partial charge on any atom is 0.366 e. The molecule has 0 fully saturated rings. The van der Waals surface area contributed by atoms with Crippen LogP contribution < -0.4 is 10.2 Å². The highest BCUT2D eigenvalue weighted by Crippen LogP contribution is 2.37. The van der Waals surface area contributed by atoms with Gasteiger partial charge in [-0.3, -0.25) is 9.36 Å². The zero-order chi connectivity index (χ0) is 15.9. The number of rotatable bonds is 3. The van der Waals surface area contributed by atoms with Gasteiger partial charge in [0.05, 0.1) is 5.52 Å². The molecule has 0 spiro atoms. The molecule has 0 radical (unpaired) electrons. The van der Waals surface area contributed by atoms with Crippen LogP contribution in [-0.4, -0.2) is 19.8 Å². The van der Waals surface area contributed by atoms with Gasteiger partial charge in [-0.2, -0.15) is 0 Å². The lowest BCUT2D eigenvalue weighted by Crippen LogP contribution is -2.10. The fourth-order valence-corrected chi connectivity index (χ4v) is 4.03. The van der Waals surface area contributed by atoms with Gasteiger partial charge in [0.2, 0.25) is 0 Å². The highest BCUT2D eigenvalue weighted by atomic mass is 35.5. The van der Waals surface area contributed by atoms with E-state index in [0.29, 0.717) is 17.3 Å². The van der Waals surface area contributed by atoms with Gasteiger partial charge in [0, 0.05) is 11.4 Å². The van der Waals surface area contributed by atoms with Gasteiger partial charge in [0.1, 0.15) is 15.1 Å². The molecule has 3 aromatic rings. The predicted octanol–water partition coefficient (Wildman–Crippen LogP) is 2.03. The molecule has 0 unspecified atom stereocenters. The molecule has 0 atom stereocenters. The number of fused-ring (bicyclic) bond motifs is 1. The number of halogens is 1. The second-order valence-corrected chi connectivity index (χ2v) is 8.02. The van der Waals surface area contributed by atoms with E-state index in [1.165, 1.54) is 6.07 Å². The van der Waals surface area contributed by atoms with Crippen molar-refractivity contribution in [3.63, 3.8) is 0 Å². The van der Waals surface area contributed by atoms with E-state index in [-0.39, 0.29) is 14.8 Å². The minimum absolute atomic E-state index is 0.166. The number of aromatic nitrogens is 2. The standard InChI is InChI=1S/C13H10ClN2O4PS/c14-8-3-1-2-7(4-8)5-10-15-9-6-11(21(18,19)20)22-12(9)13(17)16-10/h1-4,6H,5H2,(H,15,16,17)(H2,18,19,20). The van der Waals surface area contributed by atoms with Crippen molar-refractivity contribution >= 4 is 45.4 Å². The van der Waals surface area contributed by atoms with Crippen LogP contribution in [0, 0.1) is 0 Å². The van der Waals surface area contributed by atoms with Gasteiger partial charge in [0.15, 0.2) is 0 Å². The first-order valence-corrected chi connectivity index (χ1v) is 8.97. The van der Waals surface area contributed by atoms with Crippen LogP contribution in [0.15, 0.2) is 35.1 Å². The van der Waals surface area contributed by atoms with Crippen LogP contribution in [0.5, 0.6) is 0 Å². The number of thiophene rings is 1. The summed E-state index contributed by atoms with van der Waals surface area (Å²) < 4.78 is 11.3. The average molecular weight is 357 g/mol. The first kappa shape index (κ1) is 15.4. The third-order valence-corrected chi connectivity index (χ3v) is 5.82. The molecule has 0 saturated carbocycles. The van der Waals surface area contributed by atoms with Gasteiger partial charge in [-0.25, -0.2) is 4.98 Å². The van der Waals surface area contributed by atoms with E-state index in [1.54, 1.807) is 18.2 Å². The fourth-order valence-electron chi connectivity index (χ4n) is 2.04. The minimum atomic E-state index is -4.39. The van der Waals surface area contributed by atoms with Crippen molar-refractivity contribution < 1.29 is 14.4 Å². The first-order chi connectivity index (χ1) is 10.3. The number of benzene rings is 1. The molecule has 3 N–H and O–H groups in total. The lowest BCUT2D eigenvalue weighted by atomic mass is 10.1. The van der Waals surface area contributed by atoms with Crippen molar-refractivity contribution in [2.24, 2.45) is 0 Å². The Kier molecular flexibility index (Phi) is 3.92. The van der Waals surface area contributed by atoms with Gasteiger partial charge in [-0.05, 0) is 23.8 Å². The third kappa shape index (κ3) is 3.14. The zero-order valence-corrected chi connectivity index (χ0v) is 13.5. The quantitative estimate of drug-likeness (QED) is 0.623. The molecule has 2 heterocycles. The maximum absolute atomic E-state index is 12.0. The van der Waals surface area contributed by atoms with Crippen LogP contribution in [0.25, 0.3) is 10.2 Å². The average Bonchev–Trinajstić information content (AvgIpc) is 2.83. The van der Waals surface area contributed by atoms with Crippen molar-refractivity contribution in [3.8, 4) is 0 Å².